The van der Waals surface area contributed by atoms with Gasteiger partial charge >= 0.3 is 0 Å². The van der Waals surface area contributed by atoms with Gasteiger partial charge in [0, 0.05) is 12.6 Å². The van der Waals surface area contributed by atoms with E-state index in [4.69, 9.17) is 9.47 Å². The fourth-order valence-corrected chi connectivity index (χ4v) is 3.23. The number of fused-ring (bicyclic) bond motifs is 2. The van der Waals surface area contributed by atoms with Gasteiger partial charge in [-0.3, -0.25) is 4.79 Å². The van der Waals surface area contributed by atoms with Crippen molar-refractivity contribution in [1.82, 2.24) is 0 Å². The normalized spacial score (nSPS) is 20.7. The number of nitrogens with one attached hydrogen (secondary N) is 1. The fraction of sp³-hybridized carbons (Fsp3) is 0.316. The zero-order valence-corrected chi connectivity index (χ0v) is 14.2. The maximum Gasteiger partial charge on any atom is 0.231 e. The van der Waals surface area contributed by atoms with Gasteiger partial charge in [-0.25, -0.2) is 0 Å². The lowest BCUT2D eigenvalue weighted by Gasteiger charge is -2.16. The average Bonchev–Trinajstić information content (AvgIpc) is 2.96. The Morgan fingerprint density at radius 2 is 1.84 bits per heavy atom. The minimum atomic E-state index is -0.194. The number of carbonyl (C=O) groups is 1. The molecule has 0 spiro atoms. The second kappa shape index (κ2) is 6.20. The first-order valence-corrected chi connectivity index (χ1v) is 8.30. The second-order valence-corrected chi connectivity index (χ2v) is 6.39. The summed E-state index contributed by atoms with van der Waals surface area (Å²) >= 11 is 0. The van der Waals surface area contributed by atoms with E-state index in [-0.39, 0.29) is 24.8 Å². The predicted octanol–water partition coefficient (Wildman–Crippen LogP) is 3.86. The Morgan fingerprint density at radius 1 is 1.12 bits per heavy atom. The number of benzene rings is 2. The van der Waals surface area contributed by atoms with Crippen molar-refractivity contribution in [2.24, 2.45) is 10.2 Å². The van der Waals surface area contributed by atoms with Gasteiger partial charge in [0.1, 0.15) is 6.04 Å². The number of hydrogen-bond donors (Lipinski definition) is 1. The van der Waals surface area contributed by atoms with Crippen LogP contribution >= 0.6 is 0 Å². The Labute approximate surface area is 145 Å². The van der Waals surface area contributed by atoms with Crippen LogP contribution in [0.25, 0.3) is 0 Å². The highest BCUT2D eigenvalue weighted by Crippen LogP contribution is 2.41. The summed E-state index contributed by atoms with van der Waals surface area (Å²) in [6.45, 7) is 3.80. The van der Waals surface area contributed by atoms with Crippen LogP contribution in [0.4, 0.5) is 5.69 Å². The first kappa shape index (κ1) is 15.6. The third kappa shape index (κ3) is 3.07. The summed E-state index contributed by atoms with van der Waals surface area (Å²) in [7, 11) is 0. The van der Waals surface area contributed by atoms with Crippen molar-refractivity contribution in [2.45, 2.75) is 32.4 Å². The zero-order valence-electron chi connectivity index (χ0n) is 14.2. The molecular formula is C19H19N3O3. The molecule has 0 saturated heterocycles. The van der Waals surface area contributed by atoms with Gasteiger partial charge in [0.2, 0.25) is 12.7 Å². The molecule has 2 aliphatic heterocycles. The largest absolute Gasteiger partial charge is 0.454 e. The molecule has 128 valence electrons. The van der Waals surface area contributed by atoms with E-state index in [0.717, 1.165) is 34.7 Å². The van der Waals surface area contributed by atoms with Crippen molar-refractivity contribution in [3.8, 4) is 11.5 Å². The maximum absolute atomic E-state index is 11.2. The molecule has 2 aliphatic rings. The molecule has 2 unspecified atom stereocenters. The highest BCUT2D eigenvalue weighted by molar-refractivity contribution is 5.88. The van der Waals surface area contributed by atoms with E-state index in [2.05, 4.69) is 22.5 Å². The molecule has 1 amide bonds. The SMILES string of the molecule is CC(=O)Nc1ccc(C2N=NC(C)Cc3cc4c(cc32)OCO4)cc1. The van der Waals surface area contributed by atoms with Crippen molar-refractivity contribution >= 4 is 11.6 Å². The first-order valence-electron chi connectivity index (χ1n) is 8.30. The summed E-state index contributed by atoms with van der Waals surface area (Å²) < 4.78 is 11.0. The van der Waals surface area contributed by atoms with Crippen LogP contribution < -0.4 is 14.8 Å². The molecule has 6 nitrogen and oxygen atoms in total. The summed E-state index contributed by atoms with van der Waals surface area (Å²) in [6.07, 6.45) is 0.815. The van der Waals surface area contributed by atoms with Crippen LogP contribution in [-0.2, 0) is 11.2 Å². The smallest absolute Gasteiger partial charge is 0.231 e. The van der Waals surface area contributed by atoms with Crippen molar-refractivity contribution in [3.63, 3.8) is 0 Å². The molecule has 1 N–H and O–H groups in total. The standard InChI is InChI=1S/C19H19N3O3/c1-11-7-14-8-17-18(25-10-24-17)9-16(14)19(22-21-11)13-3-5-15(6-4-13)20-12(2)23/h3-6,8-9,11,19H,7,10H2,1-2H3,(H,20,23). The van der Waals surface area contributed by atoms with Gasteiger partial charge in [0.05, 0.1) is 6.04 Å². The van der Waals surface area contributed by atoms with Gasteiger partial charge in [-0.05, 0) is 54.3 Å². The Kier molecular flexibility index (Phi) is 3.87. The van der Waals surface area contributed by atoms with Crippen molar-refractivity contribution in [2.75, 3.05) is 12.1 Å². The van der Waals surface area contributed by atoms with E-state index in [0.29, 0.717) is 0 Å². The van der Waals surface area contributed by atoms with E-state index in [1.807, 2.05) is 36.4 Å². The van der Waals surface area contributed by atoms with Crippen molar-refractivity contribution in [1.29, 1.82) is 0 Å². The van der Waals surface area contributed by atoms with Crippen LogP contribution in [0.2, 0.25) is 0 Å². The lowest BCUT2D eigenvalue weighted by Crippen LogP contribution is -2.06. The summed E-state index contributed by atoms with van der Waals surface area (Å²) in [5, 5.41) is 11.8. The molecule has 0 radical (unpaired) electrons. The highest BCUT2D eigenvalue weighted by atomic mass is 16.7. The van der Waals surface area contributed by atoms with Crippen LogP contribution in [-0.4, -0.2) is 18.7 Å². The monoisotopic (exact) mass is 337 g/mol. The minimum absolute atomic E-state index is 0.0891. The van der Waals surface area contributed by atoms with E-state index in [1.165, 1.54) is 12.5 Å². The molecule has 0 aromatic heterocycles. The third-order valence-electron chi connectivity index (χ3n) is 4.37. The lowest BCUT2D eigenvalue weighted by molar-refractivity contribution is -0.114. The number of ether oxygens (including phenoxy) is 2. The number of anilines is 1. The lowest BCUT2D eigenvalue weighted by atomic mass is 9.92. The molecule has 2 aromatic carbocycles. The van der Waals surface area contributed by atoms with Crippen LogP contribution in [0, 0.1) is 0 Å². The topological polar surface area (TPSA) is 72.3 Å². The number of amides is 1. The van der Waals surface area contributed by atoms with Crippen LogP contribution in [0.5, 0.6) is 11.5 Å². The fourth-order valence-electron chi connectivity index (χ4n) is 3.23. The van der Waals surface area contributed by atoms with E-state index < -0.39 is 0 Å². The Balaban J connectivity index is 1.74. The summed E-state index contributed by atoms with van der Waals surface area (Å²) in [5.74, 6) is 1.45. The highest BCUT2D eigenvalue weighted by Gasteiger charge is 2.26. The average molecular weight is 337 g/mol. The summed E-state index contributed by atoms with van der Waals surface area (Å²) in [4.78, 5) is 11.2. The van der Waals surface area contributed by atoms with Crippen LogP contribution in [0.15, 0.2) is 46.6 Å². The van der Waals surface area contributed by atoms with Crippen molar-refractivity contribution < 1.29 is 14.3 Å². The number of hydrogen-bond acceptors (Lipinski definition) is 5. The van der Waals surface area contributed by atoms with Gasteiger partial charge in [0.25, 0.3) is 0 Å². The number of azo groups is 1. The molecule has 2 atom stereocenters. The molecular weight excluding hydrogens is 318 g/mol. The van der Waals surface area contributed by atoms with Crippen LogP contribution in [0.3, 0.4) is 0 Å². The number of rotatable bonds is 2. The molecule has 2 aromatic rings. The van der Waals surface area contributed by atoms with Gasteiger partial charge in [-0.1, -0.05) is 12.1 Å². The quantitative estimate of drug-likeness (QED) is 0.904. The third-order valence-corrected chi connectivity index (χ3v) is 4.37. The zero-order chi connectivity index (χ0) is 17.4. The summed E-state index contributed by atoms with van der Waals surface area (Å²) in [5.41, 5.74) is 4.05. The van der Waals surface area contributed by atoms with Gasteiger partial charge in [0.15, 0.2) is 11.5 Å². The summed E-state index contributed by atoms with van der Waals surface area (Å²) in [6, 6.07) is 11.7. The van der Waals surface area contributed by atoms with E-state index in [1.54, 1.807) is 0 Å². The maximum atomic E-state index is 11.2. The minimum Gasteiger partial charge on any atom is -0.454 e. The molecule has 2 heterocycles. The first-order chi connectivity index (χ1) is 12.1. The van der Waals surface area contributed by atoms with Gasteiger partial charge < -0.3 is 14.8 Å². The molecule has 6 heteroatoms. The van der Waals surface area contributed by atoms with Crippen molar-refractivity contribution in [3.05, 3.63) is 53.1 Å². The molecule has 0 fully saturated rings. The molecule has 0 bridgehead atoms. The number of nitrogens with zero attached hydrogens (tertiary/aromatic N) is 2. The molecule has 4 rings (SSSR count). The Morgan fingerprint density at radius 3 is 2.56 bits per heavy atom. The van der Waals surface area contributed by atoms with Gasteiger partial charge in [-0.2, -0.15) is 10.2 Å². The van der Waals surface area contributed by atoms with Gasteiger partial charge in [-0.15, -0.1) is 0 Å². The number of carbonyl (C=O) groups excluding carboxylic acids is 1. The predicted molar refractivity (Wildman–Crippen MR) is 93.2 cm³/mol. The molecule has 0 saturated carbocycles. The second-order valence-electron chi connectivity index (χ2n) is 6.39. The van der Waals surface area contributed by atoms with E-state index in [9.17, 15) is 4.79 Å². The Bertz CT molecular complexity index is 846. The molecule has 25 heavy (non-hydrogen) atoms. The Hall–Kier alpha value is -2.89. The van der Waals surface area contributed by atoms with E-state index >= 15 is 0 Å². The molecule has 0 aliphatic carbocycles. The van der Waals surface area contributed by atoms with Crippen LogP contribution in [0.1, 0.15) is 36.6 Å².